The SMILES string of the molecule is C=CCc1cc(Cn2c(CC)nc3c(C)cc(C)nc32)ccc1O. The van der Waals surface area contributed by atoms with Gasteiger partial charge in [0.25, 0.3) is 0 Å². The van der Waals surface area contributed by atoms with Crippen molar-refractivity contribution in [3.63, 3.8) is 0 Å². The van der Waals surface area contributed by atoms with Gasteiger partial charge in [-0.2, -0.15) is 0 Å². The Hall–Kier alpha value is -2.62. The van der Waals surface area contributed by atoms with Crippen molar-refractivity contribution in [2.45, 2.75) is 40.2 Å². The van der Waals surface area contributed by atoms with Crippen molar-refractivity contribution in [3.05, 3.63) is 65.1 Å². The molecule has 0 unspecified atom stereocenters. The minimum atomic E-state index is 0.315. The number of aryl methyl sites for hydroxylation is 3. The molecule has 0 atom stereocenters. The highest BCUT2D eigenvalue weighted by atomic mass is 16.3. The number of fused-ring (bicyclic) bond motifs is 1. The van der Waals surface area contributed by atoms with E-state index in [2.05, 4.69) is 31.1 Å². The first-order valence-electron chi connectivity index (χ1n) is 8.28. The Morgan fingerprint density at radius 3 is 2.71 bits per heavy atom. The van der Waals surface area contributed by atoms with Crippen LogP contribution in [-0.4, -0.2) is 19.6 Å². The summed E-state index contributed by atoms with van der Waals surface area (Å²) < 4.78 is 2.18. The van der Waals surface area contributed by atoms with Crippen LogP contribution in [0.2, 0.25) is 0 Å². The molecule has 0 saturated carbocycles. The molecule has 0 radical (unpaired) electrons. The van der Waals surface area contributed by atoms with Crippen LogP contribution in [-0.2, 0) is 19.4 Å². The molecule has 3 rings (SSSR count). The van der Waals surface area contributed by atoms with Crippen molar-refractivity contribution >= 4 is 11.2 Å². The second-order valence-electron chi connectivity index (χ2n) is 6.18. The van der Waals surface area contributed by atoms with Gasteiger partial charge in [-0.05, 0) is 49.1 Å². The largest absolute Gasteiger partial charge is 0.508 e. The van der Waals surface area contributed by atoms with Crippen molar-refractivity contribution in [1.82, 2.24) is 14.5 Å². The fraction of sp³-hybridized carbons (Fsp3) is 0.300. The Kier molecular flexibility index (Phi) is 4.38. The van der Waals surface area contributed by atoms with Gasteiger partial charge in [0.15, 0.2) is 5.65 Å². The van der Waals surface area contributed by atoms with Gasteiger partial charge in [0.2, 0.25) is 0 Å². The van der Waals surface area contributed by atoms with E-state index in [0.29, 0.717) is 18.7 Å². The second-order valence-corrected chi connectivity index (χ2v) is 6.18. The minimum Gasteiger partial charge on any atom is -0.508 e. The molecule has 1 aromatic carbocycles. The Bertz CT molecular complexity index is 909. The van der Waals surface area contributed by atoms with Gasteiger partial charge in [-0.1, -0.05) is 25.1 Å². The number of aromatic nitrogens is 3. The summed E-state index contributed by atoms with van der Waals surface area (Å²) >= 11 is 0. The lowest BCUT2D eigenvalue weighted by Gasteiger charge is -2.10. The predicted octanol–water partition coefficient (Wildman–Crippen LogP) is 4.09. The summed E-state index contributed by atoms with van der Waals surface area (Å²) in [4.78, 5) is 9.49. The van der Waals surface area contributed by atoms with Gasteiger partial charge in [0.1, 0.15) is 17.1 Å². The van der Waals surface area contributed by atoms with Crippen LogP contribution in [0.1, 0.15) is 35.1 Å². The Labute approximate surface area is 142 Å². The molecule has 0 aliphatic carbocycles. The van der Waals surface area contributed by atoms with Crippen molar-refractivity contribution in [2.24, 2.45) is 0 Å². The first-order valence-corrected chi connectivity index (χ1v) is 8.28. The van der Waals surface area contributed by atoms with E-state index in [1.165, 1.54) is 0 Å². The molecule has 0 bridgehead atoms. The summed E-state index contributed by atoms with van der Waals surface area (Å²) in [5.74, 6) is 1.35. The maximum Gasteiger partial charge on any atom is 0.160 e. The number of pyridine rings is 1. The van der Waals surface area contributed by atoms with E-state index < -0.39 is 0 Å². The molecule has 0 spiro atoms. The van der Waals surface area contributed by atoms with E-state index >= 15 is 0 Å². The van der Waals surface area contributed by atoms with Gasteiger partial charge in [0, 0.05) is 12.1 Å². The van der Waals surface area contributed by atoms with Crippen LogP contribution >= 0.6 is 0 Å². The smallest absolute Gasteiger partial charge is 0.160 e. The average Bonchev–Trinajstić information content (AvgIpc) is 2.89. The number of hydrogen-bond donors (Lipinski definition) is 1. The Morgan fingerprint density at radius 2 is 2.00 bits per heavy atom. The monoisotopic (exact) mass is 321 g/mol. The van der Waals surface area contributed by atoms with Crippen LogP contribution in [0.3, 0.4) is 0 Å². The molecule has 2 heterocycles. The highest BCUT2D eigenvalue weighted by Gasteiger charge is 2.14. The number of imidazole rings is 1. The van der Waals surface area contributed by atoms with Crippen LogP contribution in [0, 0.1) is 13.8 Å². The van der Waals surface area contributed by atoms with Crippen LogP contribution in [0.25, 0.3) is 11.2 Å². The number of benzene rings is 1. The van der Waals surface area contributed by atoms with Gasteiger partial charge in [-0.3, -0.25) is 0 Å². The molecule has 1 N–H and O–H groups in total. The number of phenols is 1. The third-order valence-corrected chi connectivity index (χ3v) is 4.27. The zero-order chi connectivity index (χ0) is 17.3. The molecule has 24 heavy (non-hydrogen) atoms. The number of aromatic hydroxyl groups is 1. The molecule has 124 valence electrons. The summed E-state index contributed by atoms with van der Waals surface area (Å²) in [5, 5.41) is 9.96. The van der Waals surface area contributed by atoms with Gasteiger partial charge in [-0.15, -0.1) is 6.58 Å². The van der Waals surface area contributed by atoms with E-state index in [1.54, 1.807) is 12.1 Å². The number of nitrogens with zero attached hydrogens (tertiary/aromatic N) is 3. The molecule has 0 amide bonds. The number of allylic oxidation sites excluding steroid dienone is 1. The Balaban J connectivity index is 2.09. The molecule has 0 fully saturated rings. The lowest BCUT2D eigenvalue weighted by Crippen LogP contribution is -2.06. The molecular weight excluding hydrogens is 298 g/mol. The summed E-state index contributed by atoms with van der Waals surface area (Å²) in [6.45, 7) is 10.7. The van der Waals surface area contributed by atoms with Crippen LogP contribution in [0.4, 0.5) is 0 Å². The lowest BCUT2D eigenvalue weighted by molar-refractivity contribution is 0.469. The molecule has 0 aliphatic heterocycles. The number of rotatable bonds is 5. The molecule has 4 nitrogen and oxygen atoms in total. The van der Waals surface area contributed by atoms with E-state index in [9.17, 15) is 5.11 Å². The molecule has 2 aromatic heterocycles. The minimum absolute atomic E-state index is 0.315. The molecule has 3 aromatic rings. The first-order chi connectivity index (χ1) is 11.5. The summed E-state index contributed by atoms with van der Waals surface area (Å²) in [6, 6.07) is 7.81. The fourth-order valence-corrected chi connectivity index (χ4v) is 3.12. The van der Waals surface area contributed by atoms with Crippen molar-refractivity contribution in [2.75, 3.05) is 0 Å². The first kappa shape index (κ1) is 16.2. The fourth-order valence-electron chi connectivity index (χ4n) is 3.12. The summed E-state index contributed by atoms with van der Waals surface area (Å²) in [7, 11) is 0. The highest BCUT2D eigenvalue weighted by Crippen LogP contribution is 2.23. The van der Waals surface area contributed by atoms with Crippen LogP contribution < -0.4 is 0 Å². The third-order valence-electron chi connectivity index (χ3n) is 4.27. The molecule has 4 heteroatoms. The summed E-state index contributed by atoms with van der Waals surface area (Å²) in [6.07, 6.45) is 3.31. The van der Waals surface area contributed by atoms with Gasteiger partial charge >= 0.3 is 0 Å². The summed E-state index contributed by atoms with van der Waals surface area (Å²) in [5.41, 5.74) is 6.08. The van der Waals surface area contributed by atoms with Gasteiger partial charge in [-0.25, -0.2) is 9.97 Å². The maximum atomic E-state index is 9.96. The maximum absolute atomic E-state index is 9.96. The Morgan fingerprint density at radius 1 is 1.21 bits per heavy atom. The topological polar surface area (TPSA) is 50.9 Å². The van der Waals surface area contributed by atoms with Crippen molar-refractivity contribution in [3.8, 4) is 5.75 Å². The van der Waals surface area contributed by atoms with E-state index in [1.807, 2.05) is 19.1 Å². The van der Waals surface area contributed by atoms with Crippen LogP contribution in [0.5, 0.6) is 5.75 Å². The van der Waals surface area contributed by atoms with E-state index in [0.717, 1.165) is 45.8 Å². The lowest BCUT2D eigenvalue weighted by atomic mass is 10.1. The van der Waals surface area contributed by atoms with E-state index in [4.69, 9.17) is 9.97 Å². The molecule has 0 saturated heterocycles. The zero-order valence-electron chi connectivity index (χ0n) is 14.5. The average molecular weight is 321 g/mol. The number of hydrogen-bond acceptors (Lipinski definition) is 3. The van der Waals surface area contributed by atoms with Crippen molar-refractivity contribution in [1.29, 1.82) is 0 Å². The molecule has 0 aliphatic rings. The van der Waals surface area contributed by atoms with Gasteiger partial charge < -0.3 is 9.67 Å². The zero-order valence-corrected chi connectivity index (χ0v) is 14.5. The quantitative estimate of drug-likeness (QED) is 0.720. The second kappa shape index (κ2) is 6.48. The van der Waals surface area contributed by atoms with Crippen molar-refractivity contribution < 1.29 is 5.11 Å². The van der Waals surface area contributed by atoms with Crippen LogP contribution in [0.15, 0.2) is 36.9 Å². The third kappa shape index (κ3) is 2.92. The molecular formula is C20H23N3O. The standard InChI is InChI=1S/C20H23N3O/c1-5-7-16-11-15(8-9-17(16)24)12-23-18(6-2)22-19-13(3)10-14(4)21-20(19)23/h5,8-11,24H,1,6-7,12H2,2-4H3. The van der Waals surface area contributed by atoms with E-state index in [-0.39, 0.29) is 0 Å². The normalized spacial score (nSPS) is 11.1. The highest BCUT2D eigenvalue weighted by molar-refractivity contribution is 5.76. The predicted molar refractivity (Wildman–Crippen MR) is 97.5 cm³/mol. The number of phenolic OH excluding ortho intramolecular Hbond substituents is 1. The van der Waals surface area contributed by atoms with Gasteiger partial charge in [0.05, 0.1) is 6.54 Å².